The van der Waals surface area contributed by atoms with Crippen LogP contribution in [0, 0.1) is 0 Å². The lowest BCUT2D eigenvalue weighted by atomic mass is 10.1. The molecule has 0 amide bonds. The third-order valence-electron chi connectivity index (χ3n) is 2.78. The summed E-state index contributed by atoms with van der Waals surface area (Å²) in [5.41, 5.74) is 0.696. The van der Waals surface area contributed by atoms with E-state index in [1.165, 1.54) is 18.2 Å². The Labute approximate surface area is 152 Å². The third kappa shape index (κ3) is 4.43. The maximum atomic E-state index is 12.3. The van der Waals surface area contributed by atoms with Crippen LogP contribution in [0.5, 0.6) is 0 Å². The van der Waals surface area contributed by atoms with Crippen molar-refractivity contribution in [3.05, 3.63) is 69.7 Å². The Bertz CT molecular complexity index is 667. The van der Waals surface area contributed by atoms with Gasteiger partial charge in [-0.25, -0.2) is 4.79 Å². The van der Waals surface area contributed by atoms with Gasteiger partial charge >= 0.3 is 5.97 Å². The Balaban J connectivity index is 2.30. The van der Waals surface area contributed by atoms with Crippen LogP contribution in [0.2, 0.25) is 10.0 Å². The zero-order valence-corrected chi connectivity index (χ0v) is 14.7. The Morgan fingerprint density at radius 1 is 1.00 bits per heavy atom. The molecule has 1 unspecified atom stereocenters. The minimum Gasteiger partial charge on any atom is -0.449 e. The van der Waals surface area contributed by atoms with Gasteiger partial charge in [0.2, 0.25) is 3.79 Å². The number of benzene rings is 2. The first kappa shape index (κ1) is 17.7. The van der Waals surface area contributed by atoms with Gasteiger partial charge in [0, 0.05) is 5.02 Å². The van der Waals surface area contributed by atoms with Crippen molar-refractivity contribution in [2.75, 3.05) is 0 Å². The predicted molar refractivity (Wildman–Crippen MR) is 91.4 cm³/mol. The van der Waals surface area contributed by atoms with Crippen molar-refractivity contribution >= 4 is 64.0 Å². The van der Waals surface area contributed by atoms with Gasteiger partial charge in [-0.1, -0.05) is 88.3 Å². The van der Waals surface area contributed by atoms with Crippen molar-refractivity contribution in [2.45, 2.75) is 9.90 Å². The van der Waals surface area contributed by atoms with Crippen molar-refractivity contribution in [3.8, 4) is 0 Å². The van der Waals surface area contributed by atoms with Crippen LogP contribution in [0.25, 0.3) is 0 Å². The molecule has 0 aliphatic carbocycles. The highest BCUT2D eigenvalue weighted by Gasteiger charge is 2.37. The van der Waals surface area contributed by atoms with Gasteiger partial charge in [0.05, 0.1) is 10.6 Å². The summed E-state index contributed by atoms with van der Waals surface area (Å²) in [5.74, 6) is -0.707. The molecule has 0 N–H and O–H groups in total. The number of carbonyl (C=O) groups is 1. The van der Waals surface area contributed by atoms with Crippen LogP contribution in [0.1, 0.15) is 22.0 Å². The van der Waals surface area contributed by atoms with Crippen LogP contribution in [0.15, 0.2) is 48.5 Å². The van der Waals surface area contributed by atoms with Crippen LogP contribution in [0.4, 0.5) is 0 Å². The molecule has 0 fully saturated rings. The number of rotatable bonds is 3. The zero-order chi connectivity index (χ0) is 16.3. The Morgan fingerprint density at radius 3 is 2.18 bits per heavy atom. The molecule has 2 rings (SSSR count). The van der Waals surface area contributed by atoms with Crippen molar-refractivity contribution in [2.24, 2.45) is 0 Å². The Hall–Kier alpha value is -0.640. The lowest BCUT2D eigenvalue weighted by Gasteiger charge is -2.25. The normalized spacial score (nSPS) is 12.8. The summed E-state index contributed by atoms with van der Waals surface area (Å²) < 4.78 is 3.52. The molecule has 0 saturated carbocycles. The topological polar surface area (TPSA) is 26.3 Å². The third-order valence-corrected chi connectivity index (χ3v) is 3.92. The summed E-state index contributed by atoms with van der Waals surface area (Å²) >= 11 is 29.6. The number of hydrogen-bond acceptors (Lipinski definition) is 2. The molecule has 116 valence electrons. The van der Waals surface area contributed by atoms with Crippen LogP contribution in [0.3, 0.4) is 0 Å². The molecule has 0 bridgehead atoms. The largest absolute Gasteiger partial charge is 0.449 e. The summed E-state index contributed by atoms with van der Waals surface area (Å²) in [5, 5.41) is 0.566. The van der Waals surface area contributed by atoms with E-state index in [0.29, 0.717) is 10.6 Å². The van der Waals surface area contributed by atoms with E-state index in [1.54, 1.807) is 30.3 Å². The van der Waals surface area contributed by atoms with Crippen LogP contribution >= 0.6 is 58.0 Å². The zero-order valence-electron chi connectivity index (χ0n) is 10.9. The van der Waals surface area contributed by atoms with Gasteiger partial charge in [-0.15, -0.1) is 0 Å². The number of alkyl halides is 3. The van der Waals surface area contributed by atoms with E-state index in [9.17, 15) is 4.79 Å². The average molecular weight is 399 g/mol. The fourth-order valence-electron chi connectivity index (χ4n) is 1.78. The quantitative estimate of drug-likeness (QED) is 0.450. The summed E-state index contributed by atoms with van der Waals surface area (Å²) in [6.45, 7) is 0. The standard InChI is InChI=1S/C15H9Cl5O2/c16-10-6-7-11(12(17)8-10)14(21)22-13(15(18,19)20)9-4-2-1-3-5-9/h1-8,13H. The second-order valence-corrected chi connectivity index (χ2v) is 7.57. The highest BCUT2D eigenvalue weighted by Crippen LogP contribution is 2.43. The number of esters is 1. The molecule has 2 aromatic rings. The van der Waals surface area contributed by atoms with Crippen LogP contribution in [-0.4, -0.2) is 9.76 Å². The van der Waals surface area contributed by atoms with E-state index < -0.39 is 15.9 Å². The average Bonchev–Trinajstić information content (AvgIpc) is 2.44. The summed E-state index contributed by atoms with van der Waals surface area (Å²) in [4.78, 5) is 12.3. The molecule has 22 heavy (non-hydrogen) atoms. The molecule has 0 radical (unpaired) electrons. The minimum absolute atomic E-state index is 0.140. The number of hydrogen-bond donors (Lipinski definition) is 0. The molecule has 7 heteroatoms. The molecule has 2 nitrogen and oxygen atoms in total. The van der Waals surface area contributed by atoms with Gasteiger partial charge < -0.3 is 4.74 Å². The maximum Gasteiger partial charge on any atom is 0.340 e. The number of ether oxygens (including phenoxy) is 1. The summed E-state index contributed by atoms with van der Waals surface area (Å²) in [6.07, 6.45) is -1.07. The van der Waals surface area contributed by atoms with E-state index in [4.69, 9.17) is 62.7 Å². The number of carbonyl (C=O) groups excluding carboxylic acids is 1. The van der Waals surface area contributed by atoms with Gasteiger partial charge in [-0.05, 0) is 23.8 Å². The molecule has 1 atom stereocenters. The fraction of sp³-hybridized carbons (Fsp3) is 0.133. The first-order valence-electron chi connectivity index (χ1n) is 6.06. The molecule has 2 aromatic carbocycles. The van der Waals surface area contributed by atoms with Crippen molar-refractivity contribution in [1.82, 2.24) is 0 Å². The predicted octanol–water partition coefficient (Wildman–Crippen LogP) is 6.26. The first-order valence-corrected chi connectivity index (χ1v) is 7.95. The SMILES string of the molecule is O=C(OC(c1ccccc1)C(Cl)(Cl)Cl)c1ccc(Cl)cc1Cl. The monoisotopic (exact) mass is 396 g/mol. The van der Waals surface area contributed by atoms with E-state index in [1.807, 2.05) is 0 Å². The molecule has 0 aliphatic heterocycles. The maximum absolute atomic E-state index is 12.3. The lowest BCUT2D eigenvalue weighted by Crippen LogP contribution is -2.23. The molecular weight excluding hydrogens is 389 g/mol. The molecular formula is C15H9Cl5O2. The molecule has 0 heterocycles. The lowest BCUT2D eigenvalue weighted by molar-refractivity contribution is 0.0305. The molecule has 0 spiro atoms. The van der Waals surface area contributed by atoms with E-state index in [2.05, 4.69) is 0 Å². The van der Waals surface area contributed by atoms with Gasteiger partial charge in [0.1, 0.15) is 0 Å². The van der Waals surface area contributed by atoms with Crippen LogP contribution in [-0.2, 0) is 4.74 Å². The Kier molecular flexibility index (Phi) is 5.87. The number of halogens is 5. The summed E-state index contributed by atoms with van der Waals surface area (Å²) in [6, 6.07) is 13.1. The van der Waals surface area contributed by atoms with Gasteiger partial charge in [-0.2, -0.15) is 0 Å². The summed E-state index contributed by atoms with van der Waals surface area (Å²) in [7, 11) is 0. The van der Waals surface area contributed by atoms with Crippen molar-refractivity contribution in [3.63, 3.8) is 0 Å². The smallest absolute Gasteiger partial charge is 0.340 e. The minimum atomic E-state index is -1.82. The highest BCUT2D eigenvalue weighted by molar-refractivity contribution is 6.68. The second kappa shape index (κ2) is 7.29. The van der Waals surface area contributed by atoms with E-state index in [0.717, 1.165) is 0 Å². The molecule has 0 saturated heterocycles. The molecule has 0 aliphatic rings. The Morgan fingerprint density at radius 2 is 1.64 bits per heavy atom. The highest BCUT2D eigenvalue weighted by atomic mass is 35.6. The first-order chi connectivity index (χ1) is 10.3. The molecule has 0 aromatic heterocycles. The second-order valence-electron chi connectivity index (χ2n) is 4.36. The van der Waals surface area contributed by atoms with Gasteiger partial charge in [-0.3, -0.25) is 0 Å². The fourth-order valence-corrected chi connectivity index (χ4v) is 2.77. The van der Waals surface area contributed by atoms with E-state index in [-0.39, 0.29) is 10.6 Å². The van der Waals surface area contributed by atoms with E-state index >= 15 is 0 Å². The van der Waals surface area contributed by atoms with Crippen molar-refractivity contribution in [1.29, 1.82) is 0 Å². The van der Waals surface area contributed by atoms with Gasteiger partial charge in [0.25, 0.3) is 0 Å². The van der Waals surface area contributed by atoms with Gasteiger partial charge in [0.15, 0.2) is 6.10 Å². The van der Waals surface area contributed by atoms with Crippen molar-refractivity contribution < 1.29 is 9.53 Å². The van der Waals surface area contributed by atoms with Crippen LogP contribution < -0.4 is 0 Å².